The first kappa shape index (κ1) is 47.7. The fraction of sp³-hybridized carbons (Fsp3) is 0.0704. The van der Waals surface area contributed by atoms with Gasteiger partial charge in [-0.1, -0.05) is 214 Å². The first-order valence-electron chi connectivity index (χ1n) is 25.6. The third kappa shape index (κ3) is 9.33. The number of fused-ring (bicyclic) bond motifs is 6. The van der Waals surface area contributed by atoms with Gasteiger partial charge < -0.3 is 4.90 Å². The molecule has 1 nitrogen and oxygen atoms in total. The normalized spacial score (nSPS) is 12.3. The van der Waals surface area contributed by atoms with E-state index in [4.69, 9.17) is 0 Å². The van der Waals surface area contributed by atoms with Crippen molar-refractivity contribution >= 4 is 94.6 Å². The van der Waals surface area contributed by atoms with E-state index in [1.165, 1.54) is 106 Å². The molecule has 3 heteroatoms. The third-order valence-corrected chi connectivity index (χ3v) is 16.9. The molecule has 12 aromatic rings. The summed E-state index contributed by atoms with van der Waals surface area (Å²) in [5.74, 6) is 0.441. The van der Waals surface area contributed by atoms with Crippen LogP contribution in [0.5, 0.6) is 0 Å². The molecule has 12 aromatic carbocycles. The summed E-state index contributed by atoms with van der Waals surface area (Å²) in [6.45, 7) is 4.76. The van der Waals surface area contributed by atoms with Crippen LogP contribution in [-0.2, 0) is 6.42 Å². The van der Waals surface area contributed by atoms with Crippen LogP contribution in [0.4, 0.5) is 17.1 Å². The molecule has 0 heterocycles. The molecule has 2 atom stereocenters. The van der Waals surface area contributed by atoms with E-state index in [0.29, 0.717) is 5.92 Å². The number of halogens is 2. The minimum atomic E-state index is 0.131. The number of hydrogen-bond acceptors (Lipinski definition) is 1. The number of nitrogens with zero attached hydrogens (tertiary/aromatic N) is 1. The fourth-order valence-electron chi connectivity index (χ4n) is 11.2. The van der Waals surface area contributed by atoms with Crippen molar-refractivity contribution in [2.75, 3.05) is 4.90 Å². The largest absolute Gasteiger partial charge is 0.311 e. The average Bonchev–Trinajstić information content (AvgIpc) is 3.46. The molecule has 0 aliphatic heterocycles. The summed E-state index contributed by atoms with van der Waals surface area (Å²) in [5.41, 5.74) is 18.7. The Hall–Kier alpha value is -7.32. The Kier molecular flexibility index (Phi) is 13.5. The zero-order valence-electron chi connectivity index (χ0n) is 41.4. The van der Waals surface area contributed by atoms with Crippen molar-refractivity contribution in [3.63, 3.8) is 0 Å². The Morgan fingerprint density at radius 2 is 0.797 bits per heavy atom. The third-order valence-electron chi connectivity index (χ3n) is 15.0. The van der Waals surface area contributed by atoms with Crippen molar-refractivity contribution in [2.45, 2.75) is 32.1 Å². The van der Waals surface area contributed by atoms with E-state index in [9.17, 15) is 0 Å². The number of benzene rings is 12. The van der Waals surface area contributed by atoms with E-state index >= 15 is 0 Å². The zero-order chi connectivity index (χ0) is 50.1. The molecule has 0 N–H and O–H groups in total. The maximum absolute atomic E-state index is 2.57. The Labute approximate surface area is 462 Å². The van der Waals surface area contributed by atoms with Crippen LogP contribution >= 0.6 is 45.2 Å². The molecule has 0 saturated heterocycles. The predicted molar refractivity (Wildman–Crippen MR) is 333 cm³/mol. The zero-order valence-corrected chi connectivity index (χ0v) is 45.7. The van der Waals surface area contributed by atoms with E-state index in [1.807, 2.05) is 0 Å². The molecule has 74 heavy (non-hydrogen) atoms. The van der Waals surface area contributed by atoms with Crippen molar-refractivity contribution in [3.8, 4) is 44.5 Å². The van der Waals surface area contributed by atoms with Crippen LogP contribution in [-0.4, -0.2) is 0 Å². The van der Waals surface area contributed by atoms with Crippen molar-refractivity contribution in [2.24, 2.45) is 0 Å². The molecule has 0 bridgehead atoms. The number of hydrogen-bond donors (Lipinski definition) is 0. The molecule has 0 aliphatic carbocycles. The maximum atomic E-state index is 2.57. The second-order valence-corrected chi connectivity index (χ2v) is 21.9. The lowest BCUT2D eigenvalue weighted by Gasteiger charge is -2.25. The molecule has 0 amide bonds. The molecular weight excluding hydrogens is 1120 g/mol. The molecule has 2 unspecified atom stereocenters. The summed E-state index contributed by atoms with van der Waals surface area (Å²) < 4.78 is 2.52. The van der Waals surface area contributed by atoms with Crippen LogP contribution in [0.25, 0.3) is 76.8 Å². The summed E-state index contributed by atoms with van der Waals surface area (Å²) >= 11 is 5.05. The Bertz CT molecular complexity index is 3900. The van der Waals surface area contributed by atoms with Gasteiger partial charge in [0.15, 0.2) is 0 Å². The van der Waals surface area contributed by atoms with Gasteiger partial charge >= 0.3 is 0 Å². The lowest BCUT2D eigenvalue weighted by molar-refractivity contribution is 0.761. The van der Waals surface area contributed by atoms with Crippen LogP contribution in [0.2, 0.25) is 0 Å². The molecule has 0 radical (unpaired) electrons. The monoisotopic (exact) mass is 1170 g/mol. The highest BCUT2D eigenvalue weighted by molar-refractivity contribution is 14.1. The Balaban J connectivity index is 0.918. The van der Waals surface area contributed by atoms with Crippen LogP contribution in [0.3, 0.4) is 0 Å². The van der Waals surface area contributed by atoms with E-state index in [0.717, 1.165) is 23.5 Å². The summed E-state index contributed by atoms with van der Waals surface area (Å²) in [4.78, 5) is 2.31. The highest BCUT2D eigenvalue weighted by atomic mass is 127. The highest BCUT2D eigenvalue weighted by Gasteiger charge is 2.21. The molecule has 0 aliphatic rings. The van der Waals surface area contributed by atoms with E-state index in [1.54, 1.807) is 0 Å². The first-order valence-corrected chi connectivity index (χ1v) is 27.7. The van der Waals surface area contributed by atoms with Crippen molar-refractivity contribution in [1.82, 2.24) is 0 Å². The smallest absolute Gasteiger partial charge is 0.0462 e. The molecule has 0 saturated carbocycles. The van der Waals surface area contributed by atoms with Crippen LogP contribution < -0.4 is 4.90 Å². The van der Waals surface area contributed by atoms with Gasteiger partial charge in [-0.15, -0.1) is 0 Å². The first-order chi connectivity index (χ1) is 36.4. The summed E-state index contributed by atoms with van der Waals surface area (Å²) in [6, 6.07) is 96.3. The van der Waals surface area contributed by atoms with Gasteiger partial charge in [0.25, 0.3) is 0 Å². The van der Waals surface area contributed by atoms with Gasteiger partial charge in [-0.25, -0.2) is 0 Å². The number of rotatable bonds is 12. The molecule has 0 spiro atoms. The van der Waals surface area contributed by atoms with Gasteiger partial charge in [0.05, 0.1) is 0 Å². The van der Waals surface area contributed by atoms with E-state index in [-0.39, 0.29) is 5.92 Å². The molecule has 0 fully saturated rings. The minimum absolute atomic E-state index is 0.131. The topological polar surface area (TPSA) is 3.24 Å². The predicted octanol–water partition coefficient (Wildman–Crippen LogP) is 21.0. The van der Waals surface area contributed by atoms with Gasteiger partial charge in [0, 0.05) is 30.1 Å². The number of anilines is 3. The van der Waals surface area contributed by atoms with Crippen LogP contribution in [0.1, 0.15) is 47.9 Å². The Morgan fingerprint density at radius 3 is 1.43 bits per heavy atom. The SMILES string of the molecule is CC(Cc1ccc(I)c(-c2cc(-c3ccc4c5ccccc5c5ccccc5c4c3)ccc2C(C)c2ccc(-c3ccc(N(c4ccccc4)c4ccccc4)cc3)cc2)c1)c1ccccc1-c1ccccc1I. The quantitative estimate of drug-likeness (QED) is 0.0870. The Morgan fingerprint density at radius 1 is 0.324 bits per heavy atom. The average molecular weight is 1170 g/mol. The minimum Gasteiger partial charge on any atom is -0.311 e. The summed E-state index contributed by atoms with van der Waals surface area (Å²) in [7, 11) is 0. The molecule has 12 rings (SSSR count). The number of para-hydroxylation sites is 2. The van der Waals surface area contributed by atoms with Gasteiger partial charge in [-0.05, 0) is 217 Å². The summed E-state index contributed by atoms with van der Waals surface area (Å²) in [6.07, 6.45) is 0.930. The van der Waals surface area contributed by atoms with Gasteiger partial charge in [-0.3, -0.25) is 0 Å². The van der Waals surface area contributed by atoms with E-state index in [2.05, 4.69) is 325 Å². The standard InChI is InChI=1S/C71H53I2N/c1-47(58-21-9-10-22-60(58)66-27-15-16-28-70(66)72)43-49-29-42-71(73)69(44-49)67-45-53(54-37-41-65-63-25-12-11-23-61(63)62-24-13-14-26-64(62)68(65)46-54)36-40-59(67)48(2)50-30-32-51(33-31-50)52-34-38-57(39-35-52)74(55-17-5-3-6-18-55)56-19-7-4-8-20-56/h3-42,44-48H,43H2,1-2H3. The van der Waals surface area contributed by atoms with Gasteiger partial charge in [0.1, 0.15) is 0 Å². The molecule has 0 aromatic heterocycles. The highest BCUT2D eigenvalue weighted by Crippen LogP contribution is 2.43. The van der Waals surface area contributed by atoms with Gasteiger partial charge in [0.2, 0.25) is 0 Å². The fourth-order valence-corrected chi connectivity index (χ4v) is 12.5. The van der Waals surface area contributed by atoms with Crippen LogP contribution in [0, 0.1) is 7.14 Å². The second kappa shape index (κ2) is 20.9. The molecule has 356 valence electrons. The summed E-state index contributed by atoms with van der Waals surface area (Å²) in [5, 5.41) is 7.74. The van der Waals surface area contributed by atoms with Crippen molar-refractivity contribution < 1.29 is 0 Å². The van der Waals surface area contributed by atoms with Crippen molar-refractivity contribution in [1.29, 1.82) is 0 Å². The second-order valence-electron chi connectivity index (χ2n) is 19.5. The van der Waals surface area contributed by atoms with E-state index < -0.39 is 0 Å². The maximum Gasteiger partial charge on any atom is 0.0462 e. The lowest BCUT2D eigenvalue weighted by Crippen LogP contribution is -2.09. The van der Waals surface area contributed by atoms with Gasteiger partial charge in [-0.2, -0.15) is 0 Å². The van der Waals surface area contributed by atoms with Crippen LogP contribution in [0.15, 0.2) is 261 Å². The molecular formula is C71H53I2N. The van der Waals surface area contributed by atoms with Crippen molar-refractivity contribution in [3.05, 3.63) is 290 Å². The lowest BCUT2D eigenvalue weighted by atomic mass is 9.83.